The van der Waals surface area contributed by atoms with E-state index in [4.69, 9.17) is 5.11 Å². The molecule has 13 heavy (non-hydrogen) atoms. The average Bonchev–Trinajstić information content (AvgIpc) is 2.46. The van der Waals surface area contributed by atoms with Gasteiger partial charge in [0.1, 0.15) is 5.78 Å². The van der Waals surface area contributed by atoms with Crippen molar-refractivity contribution < 1.29 is 14.7 Å². The Morgan fingerprint density at radius 2 is 2.00 bits per heavy atom. The second kappa shape index (κ2) is 3.13. The molecule has 0 aliphatic heterocycles. The van der Waals surface area contributed by atoms with E-state index < -0.39 is 5.97 Å². The predicted molar refractivity (Wildman–Crippen MR) is 46.2 cm³/mol. The lowest BCUT2D eigenvalue weighted by Gasteiger charge is -2.23. The third-order valence-corrected chi connectivity index (χ3v) is 3.47. The van der Waals surface area contributed by atoms with Gasteiger partial charge in [-0.25, -0.2) is 0 Å². The minimum atomic E-state index is -0.679. The summed E-state index contributed by atoms with van der Waals surface area (Å²) in [6.07, 6.45) is 3.76. The average molecular weight is 182 g/mol. The van der Waals surface area contributed by atoms with E-state index in [0.717, 1.165) is 19.3 Å². The van der Waals surface area contributed by atoms with Gasteiger partial charge in [0.25, 0.3) is 0 Å². The Labute approximate surface area is 77.1 Å². The number of rotatable bonds is 1. The van der Waals surface area contributed by atoms with Crippen LogP contribution in [0.15, 0.2) is 0 Å². The Balaban J connectivity index is 2.02. The number of carboxylic acids is 1. The maximum absolute atomic E-state index is 11.1. The largest absolute Gasteiger partial charge is 0.481 e. The first-order chi connectivity index (χ1) is 6.16. The number of carbonyl (C=O) groups is 2. The molecular weight excluding hydrogens is 168 g/mol. The van der Waals surface area contributed by atoms with Gasteiger partial charge in [-0.3, -0.25) is 9.59 Å². The van der Waals surface area contributed by atoms with Crippen molar-refractivity contribution in [3.05, 3.63) is 0 Å². The summed E-state index contributed by atoms with van der Waals surface area (Å²) in [7, 11) is 0. The standard InChI is InChI=1S/C10H14O3/c11-9-2-1-6-3-8(10(12)13)4-7(6)5-9/h6-8H,1-5H2,(H,12,13)/t6-,7-,8-/m0/s1. The highest BCUT2D eigenvalue weighted by Gasteiger charge is 2.40. The molecule has 0 heterocycles. The van der Waals surface area contributed by atoms with Crippen LogP contribution in [0.3, 0.4) is 0 Å². The number of aliphatic carboxylic acids is 1. The Morgan fingerprint density at radius 1 is 1.31 bits per heavy atom. The van der Waals surface area contributed by atoms with E-state index in [1.165, 1.54) is 0 Å². The quantitative estimate of drug-likeness (QED) is 0.668. The van der Waals surface area contributed by atoms with Crippen molar-refractivity contribution in [1.29, 1.82) is 0 Å². The monoisotopic (exact) mass is 182 g/mol. The number of fused-ring (bicyclic) bond motifs is 1. The van der Waals surface area contributed by atoms with Gasteiger partial charge in [-0.1, -0.05) is 0 Å². The fourth-order valence-electron chi connectivity index (χ4n) is 2.76. The van der Waals surface area contributed by atoms with Gasteiger partial charge < -0.3 is 5.11 Å². The zero-order valence-electron chi connectivity index (χ0n) is 7.53. The molecular formula is C10H14O3. The van der Waals surface area contributed by atoms with Crippen molar-refractivity contribution in [2.45, 2.75) is 32.1 Å². The first kappa shape index (κ1) is 8.73. The van der Waals surface area contributed by atoms with Crippen molar-refractivity contribution in [1.82, 2.24) is 0 Å². The molecule has 1 N–H and O–H groups in total. The SMILES string of the molecule is O=C1CC[C@H]2C[C@H](C(=O)O)C[C@H]2C1. The van der Waals surface area contributed by atoms with Gasteiger partial charge in [-0.15, -0.1) is 0 Å². The number of ketones is 1. The number of hydrogen-bond donors (Lipinski definition) is 1. The summed E-state index contributed by atoms with van der Waals surface area (Å²) < 4.78 is 0. The van der Waals surface area contributed by atoms with Crippen LogP contribution in [0, 0.1) is 17.8 Å². The summed E-state index contributed by atoms with van der Waals surface area (Å²) in [6.45, 7) is 0. The summed E-state index contributed by atoms with van der Waals surface area (Å²) >= 11 is 0. The van der Waals surface area contributed by atoms with Crippen molar-refractivity contribution in [3.63, 3.8) is 0 Å². The van der Waals surface area contributed by atoms with Gasteiger partial charge in [-0.2, -0.15) is 0 Å². The van der Waals surface area contributed by atoms with Crippen molar-refractivity contribution in [3.8, 4) is 0 Å². The first-order valence-corrected chi connectivity index (χ1v) is 4.91. The van der Waals surface area contributed by atoms with Crippen LogP contribution in [0.5, 0.6) is 0 Å². The molecule has 3 nitrogen and oxygen atoms in total. The topological polar surface area (TPSA) is 54.4 Å². The smallest absolute Gasteiger partial charge is 0.306 e. The molecule has 0 aromatic carbocycles. The highest BCUT2D eigenvalue weighted by Crippen LogP contribution is 2.44. The number of carboxylic acid groups (broad SMARTS) is 1. The second-order valence-corrected chi connectivity index (χ2v) is 4.31. The van der Waals surface area contributed by atoms with Crippen molar-refractivity contribution in [2.75, 3.05) is 0 Å². The molecule has 0 amide bonds. The molecule has 2 aliphatic carbocycles. The Morgan fingerprint density at radius 3 is 2.69 bits per heavy atom. The zero-order valence-corrected chi connectivity index (χ0v) is 7.53. The van der Waals surface area contributed by atoms with Crippen LogP contribution >= 0.6 is 0 Å². The molecule has 72 valence electrons. The van der Waals surface area contributed by atoms with Crippen LogP contribution in [-0.2, 0) is 9.59 Å². The predicted octanol–water partition coefficient (Wildman–Crippen LogP) is 1.47. The van der Waals surface area contributed by atoms with E-state index in [-0.39, 0.29) is 5.92 Å². The highest BCUT2D eigenvalue weighted by molar-refractivity contribution is 5.80. The lowest BCUT2D eigenvalue weighted by atomic mass is 9.81. The van der Waals surface area contributed by atoms with E-state index in [1.54, 1.807) is 0 Å². The molecule has 2 aliphatic rings. The zero-order chi connectivity index (χ0) is 9.42. The Kier molecular flexibility index (Phi) is 2.10. The van der Waals surface area contributed by atoms with Crippen LogP contribution in [0.25, 0.3) is 0 Å². The lowest BCUT2D eigenvalue weighted by Crippen LogP contribution is -2.19. The molecule has 0 unspecified atom stereocenters. The molecule has 0 saturated heterocycles. The third kappa shape index (κ3) is 1.60. The first-order valence-electron chi connectivity index (χ1n) is 4.91. The van der Waals surface area contributed by atoms with E-state index in [2.05, 4.69) is 0 Å². The molecule has 0 aromatic rings. The van der Waals surface area contributed by atoms with Crippen molar-refractivity contribution in [2.24, 2.45) is 17.8 Å². The van der Waals surface area contributed by atoms with Gasteiger partial charge in [-0.05, 0) is 31.1 Å². The molecule has 3 heteroatoms. The summed E-state index contributed by atoms with van der Waals surface area (Å²) in [5.74, 6) is 0.358. The highest BCUT2D eigenvalue weighted by atomic mass is 16.4. The van der Waals surface area contributed by atoms with E-state index >= 15 is 0 Å². The summed E-state index contributed by atoms with van der Waals surface area (Å²) in [6, 6.07) is 0. The molecule has 2 saturated carbocycles. The Bertz CT molecular complexity index is 247. The van der Waals surface area contributed by atoms with Crippen LogP contribution in [-0.4, -0.2) is 16.9 Å². The fourth-order valence-corrected chi connectivity index (χ4v) is 2.76. The molecule has 2 fully saturated rings. The maximum Gasteiger partial charge on any atom is 0.306 e. The normalized spacial score (nSPS) is 38.8. The lowest BCUT2D eigenvalue weighted by molar-refractivity contribution is -0.141. The van der Waals surface area contributed by atoms with E-state index in [1.807, 2.05) is 0 Å². The van der Waals surface area contributed by atoms with Crippen LogP contribution in [0.1, 0.15) is 32.1 Å². The van der Waals surface area contributed by atoms with Crippen LogP contribution < -0.4 is 0 Å². The molecule has 3 atom stereocenters. The van der Waals surface area contributed by atoms with Crippen LogP contribution in [0.2, 0.25) is 0 Å². The van der Waals surface area contributed by atoms with Crippen LogP contribution in [0.4, 0.5) is 0 Å². The fraction of sp³-hybridized carbons (Fsp3) is 0.800. The minimum Gasteiger partial charge on any atom is -0.481 e. The Hall–Kier alpha value is -0.860. The van der Waals surface area contributed by atoms with Gasteiger partial charge in [0.15, 0.2) is 0 Å². The molecule has 2 rings (SSSR count). The van der Waals surface area contributed by atoms with E-state index in [0.29, 0.717) is 30.5 Å². The van der Waals surface area contributed by atoms with Crippen molar-refractivity contribution >= 4 is 11.8 Å². The van der Waals surface area contributed by atoms with Gasteiger partial charge in [0.2, 0.25) is 0 Å². The third-order valence-electron chi connectivity index (χ3n) is 3.47. The molecule has 0 aromatic heterocycles. The van der Waals surface area contributed by atoms with Gasteiger partial charge >= 0.3 is 5.97 Å². The summed E-state index contributed by atoms with van der Waals surface area (Å²) in [5, 5.41) is 8.84. The summed E-state index contributed by atoms with van der Waals surface area (Å²) in [4.78, 5) is 21.9. The number of hydrogen-bond acceptors (Lipinski definition) is 2. The van der Waals surface area contributed by atoms with E-state index in [9.17, 15) is 9.59 Å². The maximum atomic E-state index is 11.1. The van der Waals surface area contributed by atoms with Gasteiger partial charge in [0.05, 0.1) is 5.92 Å². The van der Waals surface area contributed by atoms with Gasteiger partial charge in [0, 0.05) is 12.8 Å². The minimum absolute atomic E-state index is 0.180. The number of Topliss-reactive ketones (excluding diaryl/α,β-unsaturated/α-hetero) is 1. The number of carbonyl (C=O) groups excluding carboxylic acids is 1. The second-order valence-electron chi connectivity index (χ2n) is 4.31. The molecule has 0 bridgehead atoms. The summed E-state index contributed by atoms with van der Waals surface area (Å²) in [5.41, 5.74) is 0. The molecule has 0 radical (unpaired) electrons. The molecule has 0 spiro atoms.